The number of aromatic nitrogens is 2. The van der Waals surface area contributed by atoms with Crippen molar-refractivity contribution in [1.82, 2.24) is 14.7 Å². The largest absolute Gasteiger partial charge is 0.369 e. The summed E-state index contributed by atoms with van der Waals surface area (Å²) in [5.74, 6) is 0.0733. The molecule has 1 amide bonds. The SMILES string of the molecule is CCCc1cnn(C2(C)CCN(C(=O)C(C)(C)OC)CC2)c1. The molecular weight excluding hydrogens is 278 g/mol. The monoisotopic (exact) mass is 307 g/mol. The summed E-state index contributed by atoms with van der Waals surface area (Å²) < 4.78 is 7.41. The van der Waals surface area contributed by atoms with Gasteiger partial charge in [-0.05, 0) is 45.6 Å². The van der Waals surface area contributed by atoms with Crippen molar-refractivity contribution in [2.45, 2.75) is 64.5 Å². The van der Waals surface area contributed by atoms with Crippen molar-refractivity contribution in [1.29, 1.82) is 0 Å². The predicted molar refractivity (Wildman–Crippen MR) is 86.8 cm³/mol. The van der Waals surface area contributed by atoms with Gasteiger partial charge in [-0.1, -0.05) is 13.3 Å². The van der Waals surface area contributed by atoms with E-state index in [4.69, 9.17) is 4.74 Å². The molecule has 0 aromatic carbocycles. The number of hydrogen-bond donors (Lipinski definition) is 0. The highest BCUT2D eigenvalue weighted by molar-refractivity contribution is 5.84. The molecule has 124 valence electrons. The van der Waals surface area contributed by atoms with Crippen LogP contribution in [0, 0.1) is 0 Å². The maximum Gasteiger partial charge on any atom is 0.254 e. The number of rotatable bonds is 5. The molecule has 2 heterocycles. The molecule has 0 radical (unpaired) electrons. The van der Waals surface area contributed by atoms with Gasteiger partial charge in [-0.15, -0.1) is 0 Å². The molecule has 1 aliphatic rings. The lowest BCUT2D eigenvalue weighted by molar-refractivity contribution is -0.153. The first kappa shape index (κ1) is 17.0. The minimum absolute atomic E-state index is 0.0000138. The molecule has 0 bridgehead atoms. The number of methoxy groups -OCH3 is 1. The second-order valence-electron chi connectivity index (χ2n) is 7.05. The molecular formula is C17H29N3O2. The number of likely N-dealkylation sites (tertiary alicyclic amines) is 1. The van der Waals surface area contributed by atoms with Crippen molar-refractivity contribution in [2.24, 2.45) is 0 Å². The maximum atomic E-state index is 12.5. The van der Waals surface area contributed by atoms with Gasteiger partial charge < -0.3 is 9.64 Å². The molecule has 1 saturated heterocycles. The van der Waals surface area contributed by atoms with E-state index in [0.717, 1.165) is 38.8 Å². The third-order valence-corrected chi connectivity index (χ3v) is 4.88. The Balaban J connectivity index is 2.02. The van der Waals surface area contributed by atoms with Crippen LogP contribution in [0.2, 0.25) is 0 Å². The van der Waals surface area contributed by atoms with Crippen molar-refractivity contribution < 1.29 is 9.53 Å². The van der Waals surface area contributed by atoms with Gasteiger partial charge in [-0.25, -0.2) is 0 Å². The minimum atomic E-state index is -0.742. The summed E-state index contributed by atoms with van der Waals surface area (Å²) >= 11 is 0. The molecule has 0 aliphatic carbocycles. The van der Waals surface area contributed by atoms with Crippen LogP contribution < -0.4 is 0 Å². The quantitative estimate of drug-likeness (QED) is 0.840. The molecule has 2 rings (SSSR count). The van der Waals surface area contributed by atoms with Crippen LogP contribution >= 0.6 is 0 Å². The van der Waals surface area contributed by atoms with Gasteiger partial charge in [0.2, 0.25) is 0 Å². The summed E-state index contributed by atoms with van der Waals surface area (Å²) in [5.41, 5.74) is 0.552. The third-order valence-electron chi connectivity index (χ3n) is 4.88. The van der Waals surface area contributed by atoms with Gasteiger partial charge >= 0.3 is 0 Å². The second-order valence-corrected chi connectivity index (χ2v) is 7.05. The van der Waals surface area contributed by atoms with Crippen LogP contribution in [0.4, 0.5) is 0 Å². The van der Waals surface area contributed by atoms with Crippen LogP contribution in [0.25, 0.3) is 0 Å². The Kier molecular flexibility index (Phi) is 4.95. The summed E-state index contributed by atoms with van der Waals surface area (Å²) in [6.45, 7) is 9.58. The van der Waals surface area contributed by atoms with Gasteiger partial charge in [0.05, 0.1) is 11.7 Å². The Bertz CT molecular complexity index is 514. The fraction of sp³-hybridized carbons (Fsp3) is 0.765. The molecule has 22 heavy (non-hydrogen) atoms. The normalized spacial score (nSPS) is 18.5. The van der Waals surface area contributed by atoms with Crippen LogP contribution in [-0.4, -0.2) is 46.4 Å². The molecule has 5 heteroatoms. The standard InChI is InChI=1S/C17H29N3O2/c1-6-7-14-12-18-20(13-14)17(4)8-10-19(11-9-17)15(21)16(2,3)22-5/h12-13H,6-11H2,1-5H3. The van der Waals surface area contributed by atoms with Gasteiger partial charge in [0, 0.05) is 26.4 Å². The van der Waals surface area contributed by atoms with Crippen LogP contribution in [0.5, 0.6) is 0 Å². The smallest absolute Gasteiger partial charge is 0.254 e. The average Bonchev–Trinajstić information content (AvgIpc) is 2.97. The molecule has 1 aromatic rings. The number of piperidine rings is 1. The van der Waals surface area contributed by atoms with Crippen molar-refractivity contribution in [3.63, 3.8) is 0 Å². The van der Waals surface area contributed by atoms with E-state index in [1.54, 1.807) is 7.11 Å². The van der Waals surface area contributed by atoms with Crippen LogP contribution in [0.15, 0.2) is 12.4 Å². The van der Waals surface area contributed by atoms with E-state index in [1.165, 1.54) is 5.56 Å². The molecule has 0 N–H and O–H groups in total. The molecule has 1 aromatic heterocycles. The number of amides is 1. The number of hydrogen-bond acceptors (Lipinski definition) is 3. The van der Waals surface area contributed by atoms with Crippen LogP contribution in [0.1, 0.15) is 52.5 Å². The third kappa shape index (κ3) is 3.35. The summed E-state index contributed by atoms with van der Waals surface area (Å²) in [6.07, 6.45) is 8.19. The van der Waals surface area contributed by atoms with E-state index in [-0.39, 0.29) is 11.4 Å². The first-order valence-corrected chi connectivity index (χ1v) is 8.21. The zero-order valence-corrected chi connectivity index (χ0v) is 14.6. The lowest BCUT2D eigenvalue weighted by Crippen LogP contribution is -2.52. The number of carbonyl (C=O) groups is 1. The topological polar surface area (TPSA) is 47.4 Å². The minimum Gasteiger partial charge on any atom is -0.369 e. The fourth-order valence-electron chi connectivity index (χ4n) is 2.96. The molecule has 0 unspecified atom stereocenters. The average molecular weight is 307 g/mol. The molecule has 1 aliphatic heterocycles. The zero-order valence-electron chi connectivity index (χ0n) is 14.6. The lowest BCUT2D eigenvalue weighted by atomic mass is 9.89. The van der Waals surface area contributed by atoms with Crippen molar-refractivity contribution in [3.8, 4) is 0 Å². The van der Waals surface area contributed by atoms with Crippen molar-refractivity contribution >= 4 is 5.91 Å². The Labute approximate surface area is 133 Å². The van der Waals surface area contributed by atoms with Crippen molar-refractivity contribution in [3.05, 3.63) is 18.0 Å². The Morgan fingerprint density at radius 1 is 1.41 bits per heavy atom. The number of ether oxygens (including phenoxy) is 1. The van der Waals surface area contributed by atoms with E-state index < -0.39 is 5.60 Å². The second kappa shape index (κ2) is 6.41. The lowest BCUT2D eigenvalue weighted by Gasteiger charge is -2.41. The Morgan fingerprint density at radius 3 is 2.59 bits per heavy atom. The van der Waals surface area contributed by atoms with Crippen LogP contribution in [0.3, 0.4) is 0 Å². The maximum absolute atomic E-state index is 12.5. The zero-order chi connectivity index (χ0) is 16.4. The molecule has 0 spiro atoms. The van der Waals surface area contributed by atoms with E-state index >= 15 is 0 Å². The Hall–Kier alpha value is -1.36. The summed E-state index contributed by atoms with van der Waals surface area (Å²) in [4.78, 5) is 14.4. The highest BCUT2D eigenvalue weighted by Crippen LogP contribution is 2.30. The summed E-state index contributed by atoms with van der Waals surface area (Å²) in [5, 5.41) is 4.55. The highest BCUT2D eigenvalue weighted by Gasteiger charge is 2.38. The van der Waals surface area contributed by atoms with E-state index in [2.05, 4.69) is 29.8 Å². The molecule has 0 atom stereocenters. The van der Waals surface area contributed by atoms with E-state index in [0.29, 0.717) is 0 Å². The first-order chi connectivity index (χ1) is 10.3. The van der Waals surface area contributed by atoms with Crippen LogP contribution in [-0.2, 0) is 21.5 Å². The molecule has 5 nitrogen and oxygen atoms in total. The number of aryl methyl sites for hydroxylation is 1. The molecule has 0 saturated carbocycles. The predicted octanol–water partition coefficient (Wildman–Crippen LogP) is 2.60. The summed E-state index contributed by atoms with van der Waals surface area (Å²) in [7, 11) is 1.59. The Morgan fingerprint density at radius 2 is 2.05 bits per heavy atom. The van der Waals surface area contributed by atoms with Crippen molar-refractivity contribution in [2.75, 3.05) is 20.2 Å². The van der Waals surface area contributed by atoms with Gasteiger partial charge in [0.25, 0.3) is 5.91 Å². The fourth-order valence-corrected chi connectivity index (χ4v) is 2.96. The summed E-state index contributed by atoms with van der Waals surface area (Å²) in [6, 6.07) is 0. The van der Waals surface area contributed by atoms with Gasteiger partial charge in [-0.3, -0.25) is 9.48 Å². The van der Waals surface area contributed by atoms with Gasteiger partial charge in [0.1, 0.15) is 5.60 Å². The van der Waals surface area contributed by atoms with E-state index in [9.17, 15) is 4.79 Å². The number of nitrogens with zero attached hydrogens (tertiary/aromatic N) is 3. The molecule has 1 fully saturated rings. The van der Waals surface area contributed by atoms with E-state index in [1.807, 2.05) is 24.9 Å². The first-order valence-electron chi connectivity index (χ1n) is 8.21. The number of carbonyl (C=O) groups excluding carboxylic acids is 1. The van der Waals surface area contributed by atoms with Gasteiger partial charge in [-0.2, -0.15) is 5.10 Å². The highest BCUT2D eigenvalue weighted by atomic mass is 16.5. The van der Waals surface area contributed by atoms with Gasteiger partial charge in [0.15, 0.2) is 0 Å².